The zero-order valence-corrected chi connectivity index (χ0v) is 9.68. The van der Waals surface area contributed by atoms with E-state index in [-0.39, 0.29) is 0 Å². The summed E-state index contributed by atoms with van der Waals surface area (Å²) >= 11 is 6.15. The number of halogens is 1. The van der Waals surface area contributed by atoms with Crippen molar-refractivity contribution in [1.29, 1.82) is 0 Å². The first-order chi connectivity index (χ1) is 7.33. The second-order valence-corrected chi connectivity index (χ2v) is 4.31. The number of anilines is 1. The summed E-state index contributed by atoms with van der Waals surface area (Å²) in [5.74, 6) is 0.583. The number of fused-ring (bicyclic) bond motifs is 1. The number of hydrogen-bond acceptors (Lipinski definition) is 2. The lowest BCUT2D eigenvalue weighted by atomic mass is 9.89. The number of rotatable bonds is 3. The molecule has 1 aliphatic rings. The molecule has 0 fully saturated rings. The van der Waals surface area contributed by atoms with E-state index in [1.807, 2.05) is 12.1 Å². The molecule has 1 heterocycles. The van der Waals surface area contributed by atoms with E-state index in [2.05, 4.69) is 11.4 Å². The number of methoxy groups -OCH3 is 1. The molecule has 0 bridgehead atoms. The van der Waals surface area contributed by atoms with E-state index < -0.39 is 0 Å². The summed E-state index contributed by atoms with van der Waals surface area (Å²) in [6.45, 7) is 1.82. The number of hydrogen-bond donors (Lipinski definition) is 1. The van der Waals surface area contributed by atoms with Crippen molar-refractivity contribution in [2.45, 2.75) is 18.8 Å². The quantitative estimate of drug-likeness (QED) is 0.853. The van der Waals surface area contributed by atoms with Crippen LogP contribution in [0.5, 0.6) is 0 Å². The highest BCUT2D eigenvalue weighted by Crippen LogP contribution is 2.37. The molecule has 1 N–H and O–H groups in total. The summed E-state index contributed by atoms with van der Waals surface area (Å²) in [5.41, 5.74) is 2.46. The van der Waals surface area contributed by atoms with Crippen molar-refractivity contribution in [3.05, 3.63) is 28.8 Å². The van der Waals surface area contributed by atoms with Gasteiger partial charge in [-0.1, -0.05) is 23.7 Å². The molecule has 1 unspecified atom stereocenters. The number of benzene rings is 1. The molecule has 1 aromatic rings. The monoisotopic (exact) mass is 225 g/mol. The standard InChI is InChI=1S/C12H16ClNO/c1-15-8-6-9-5-7-14-12-10(9)3-2-4-11(12)13/h2-4,9,14H,5-8H2,1H3. The molecule has 0 saturated carbocycles. The second kappa shape index (κ2) is 4.86. The van der Waals surface area contributed by atoms with Crippen LogP contribution in [0, 0.1) is 0 Å². The lowest BCUT2D eigenvalue weighted by Crippen LogP contribution is -2.18. The minimum absolute atomic E-state index is 0.583. The first-order valence-corrected chi connectivity index (χ1v) is 5.72. The van der Waals surface area contributed by atoms with E-state index in [9.17, 15) is 0 Å². The smallest absolute Gasteiger partial charge is 0.0640 e. The fourth-order valence-electron chi connectivity index (χ4n) is 2.15. The van der Waals surface area contributed by atoms with Gasteiger partial charge in [0, 0.05) is 20.3 Å². The second-order valence-electron chi connectivity index (χ2n) is 3.90. The maximum Gasteiger partial charge on any atom is 0.0640 e. The van der Waals surface area contributed by atoms with Gasteiger partial charge in [0.05, 0.1) is 10.7 Å². The molecule has 0 saturated heterocycles. The van der Waals surface area contributed by atoms with Crippen molar-refractivity contribution < 1.29 is 4.74 Å². The highest BCUT2D eigenvalue weighted by Gasteiger charge is 2.20. The Balaban J connectivity index is 2.22. The minimum Gasteiger partial charge on any atom is -0.385 e. The molecule has 0 aromatic heterocycles. The van der Waals surface area contributed by atoms with Crippen molar-refractivity contribution in [2.24, 2.45) is 0 Å². The van der Waals surface area contributed by atoms with E-state index in [0.29, 0.717) is 5.92 Å². The number of ether oxygens (including phenoxy) is 1. The van der Waals surface area contributed by atoms with Gasteiger partial charge < -0.3 is 10.1 Å². The summed E-state index contributed by atoms with van der Waals surface area (Å²) in [4.78, 5) is 0. The maximum atomic E-state index is 6.15. The Hall–Kier alpha value is -0.730. The van der Waals surface area contributed by atoms with Crippen molar-refractivity contribution in [3.8, 4) is 0 Å². The van der Waals surface area contributed by atoms with Crippen molar-refractivity contribution >= 4 is 17.3 Å². The molecular weight excluding hydrogens is 210 g/mol. The lowest BCUT2D eigenvalue weighted by molar-refractivity contribution is 0.186. The van der Waals surface area contributed by atoms with Gasteiger partial charge in [0.25, 0.3) is 0 Å². The Morgan fingerprint density at radius 1 is 1.53 bits per heavy atom. The summed E-state index contributed by atoms with van der Waals surface area (Å²) in [6.07, 6.45) is 2.24. The number of nitrogens with one attached hydrogen (secondary N) is 1. The van der Waals surface area contributed by atoms with Crippen molar-refractivity contribution in [3.63, 3.8) is 0 Å². The first kappa shape index (κ1) is 10.8. The minimum atomic E-state index is 0.583. The zero-order valence-electron chi connectivity index (χ0n) is 8.92. The summed E-state index contributed by atoms with van der Waals surface area (Å²) in [7, 11) is 1.75. The van der Waals surface area contributed by atoms with Crippen LogP contribution in [0.3, 0.4) is 0 Å². The third-order valence-corrected chi connectivity index (χ3v) is 3.27. The third-order valence-electron chi connectivity index (χ3n) is 2.95. The molecule has 0 radical (unpaired) electrons. The summed E-state index contributed by atoms with van der Waals surface area (Å²) in [6, 6.07) is 6.12. The van der Waals surface area contributed by atoms with Crippen molar-refractivity contribution in [2.75, 3.05) is 25.6 Å². The molecule has 0 amide bonds. The predicted octanol–water partition coefficient (Wildman–Crippen LogP) is 3.28. The molecule has 1 aromatic carbocycles. The van der Waals surface area contributed by atoms with E-state index in [4.69, 9.17) is 16.3 Å². The van der Waals surface area contributed by atoms with Gasteiger partial charge in [-0.2, -0.15) is 0 Å². The van der Waals surface area contributed by atoms with Crippen LogP contribution in [-0.2, 0) is 4.74 Å². The lowest BCUT2D eigenvalue weighted by Gasteiger charge is -2.27. The largest absolute Gasteiger partial charge is 0.385 e. The molecule has 3 heteroatoms. The van der Waals surface area contributed by atoms with Gasteiger partial charge in [0.1, 0.15) is 0 Å². The molecule has 82 valence electrons. The Kier molecular flexibility index (Phi) is 3.49. The van der Waals surface area contributed by atoms with Crippen LogP contribution < -0.4 is 5.32 Å². The summed E-state index contributed by atoms with van der Waals surface area (Å²) in [5, 5.41) is 4.19. The highest BCUT2D eigenvalue weighted by molar-refractivity contribution is 6.33. The van der Waals surface area contributed by atoms with Crippen LogP contribution >= 0.6 is 11.6 Å². The van der Waals surface area contributed by atoms with E-state index in [1.54, 1.807) is 7.11 Å². The van der Waals surface area contributed by atoms with Crippen LogP contribution in [-0.4, -0.2) is 20.3 Å². The predicted molar refractivity (Wildman–Crippen MR) is 63.8 cm³/mol. The van der Waals surface area contributed by atoms with E-state index in [0.717, 1.165) is 36.7 Å². The average Bonchev–Trinajstić information content (AvgIpc) is 2.27. The third kappa shape index (κ3) is 2.27. The van der Waals surface area contributed by atoms with E-state index in [1.165, 1.54) is 5.56 Å². The van der Waals surface area contributed by atoms with Crippen LogP contribution in [0.25, 0.3) is 0 Å². The fourth-order valence-corrected chi connectivity index (χ4v) is 2.40. The maximum absolute atomic E-state index is 6.15. The fraction of sp³-hybridized carbons (Fsp3) is 0.500. The SMILES string of the molecule is COCCC1CCNc2c(Cl)cccc21. The van der Waals surface area contributed by atoms with Gasteiger partial charge >= 0.3 is 0 Å². The van der Waals surface area contributed by atoms with Gasteiger partial charge in [-0.05, 0) is 30.4 Å². The van der Waals surface area contributed by atoms with Crippen LogP contribution in [0.1, 0.15) is 24.3 Å². The molecule has 1 atom stereocenters. The highest BCUT2D eigenvalue weighted by atomic mass is 35.5. The Bertz CT molecular complexity index is 340. The van der Waals surface area contributed by atoms with Gasteiger partial charge in [0.15, 0.2) is 0 Å². The van der Waals surface area contributed by atoms with Crippen LogP contribution in [0.4, 0.5) is 5.69 Å². The molecule has 0 aliphatic carbocycles. The average molecular weight is 226 g/mol. The van der Waals surface area contributed by atoms with Crippen molar-refractivity contribution in [1.82, 2.24) is 0 Å². The molecule has 2 rings (SSSR count). The van der Waals surface area contributed by atoms with Gasteiger partial charge in [-0.15, -0.1) is 0 Å². The normalized spacial score (nSPS) is 19.5. The van der Waals surface area contributed by atoms with E-state index >= 15 is 0 Å². The first-order valence-electron chi connectivity index (χ1n) is 5.34. The molecule has 1 aliphatic heterocycles. The molecule has 0 spiro atoms. The zero-order chi connectivity index (χ0) is 10.7. The van der Waals surface area contributed by atoms with Gasteiger partial charge in [0.2, 0.25) is 0 Å². The Labute approximate surface area is 95.6 Å². The molecule has 15 heavy (non-hydrogen) atoms. The Morgan fingerprint density at radius 3 is 3.20 bits per heavy atom. The van der Waals surface area contributed by atoms with Gasteiger partial charge in [-0.3, -0.25) is 0 Å². The molecule has 2 nitrogen and oxygen atoms in total. The number of para-hydroxylation sites is 1. The van der Waals surface area contributed by atoms with Crippen LogP contribution in [0.2, 0.25) is 5.02 Å². The topological polar surface area (TPSA) is 21.3 Å². The summed E-state index contributed by atoms with van der Waals surface area (Å²) < 4.78 is 5.14. The Morgan fingerprint density at radius 2 is 2.40 bits per heavy atom. The molecular formula is C12H16ClNO. The van der Waals surface area contributed by atoms with Crippen LogP contribution in [0.15, 0.2) is 18.2 Å². The van der Waals surface area contributed by atoms with Gasteiger partial charge in [-0.25, -0.2) is 0 Å².